The number of ether oxygens (including phenoxy) is 1. The maximum absolute atomic E-state index is 5.99. The van der Waals surface area contributed by atoms with Gasteiger partial charge in [-0.1, -0.05) is 10.4 Å². The number of hydrogen-bond donors (Lipinski definition) is 1. The first-order valence-electron chi connectivity index (χ1n) is 8.29. The molecule has 0 amide bonds. The van der Waals surface area contributed by atoms with E-state index in [2.05, 4.69) is 25.8 Å². The van der Waals surface area contributed by atoms with E-state index in [-0.39, 0.29) is 6.10 Å². The molecule has 3 aromatic rings. The Morgan fingerprint density at radius 3 is 2.88 bits per heavy atom. The van der Waals surface area contributed by atoms with Gasteiger partial charge in [0.25, 0.3) is 0 Å². The second kappa shape index (κ2) is 6.73. The van der Waals surface area contributed by atoms with Crippen molar-refractivity contribution in [2.24, 2.45) is 0 Å². The molecule has 130 valence electrons. The lowest BCUT2D eigenvalue weighted by atomic mass is 10.1. The van der Waals surface area contributed by atoms with Gasteiger partial charge in [-0.05, 0) is 26.0 Å². The van der Waals surface area contributed by atoms with Crippen molar-refractivity contribution >= 4 is 0 Å². The number of aryl methyl sites for hydroxylation is 2. The third-order valence-electron chi connectivity index (χ3n) is 4.48. The highest BCUT2D eigenvalue weighted by molar-refractivity contribution is 5.60. The van der Waals surface area contributed by atoms with E-state index in [0.717, 1.165) is 40.5 Å². The lowest BCUT2D eigenvalue weighted by molar-refractivity contribution is 0.00123. The molecule has 3 aromatic heterocycles. The van der Waals surface area contributed by atoms with E-state index in [1.165, 1.54) is 0 Å². The molecular weight excluding hydrogens is 320 g/mol. The van der Waals surface area contributed by atoms with Crippen LogP contribution in [0.15, 0.2) is 29.0 Å². The third kappa shape index (κ3) is 3.18. The Morgan fingerprint density at radius 1 is 1.28 bits per heavy atom. The van der Waals surface area contributed by atoms with Crippen molar-refractivity contribution < 1.29 is 9.26 Å². The molecule has 0 radical (unpaired) electrons. The van der Waals surface area contributed by atoms with Gasteiger partial charge in [-0.25, -0.2) is 4.68 Å². The van der Waals surface area contributed by atoms with E-state index in [1.807, 2.05) is 30.7 Å². The van der Waals surface area contributed by atoms with Crippen molar-refractivity contribution in [3.63, 3.8) is 0 Å². The lowest BCUT2D eigenvalue weighted by Gasteiger charge is -2.24. The lowest BCUT2D eigenvalue weighted by Crippen LogP contribution is -2.36. The second-order valence-electron chi connectivity index (χ2n) is 6.17. The van der Waals surface area contributed by atoms with Gasteiger partial charge in [0.1, 0.15) is 11.5 Å². The van der Waals surface area contributed by atoms with Crippen molar-refractivity contribution in [3.8, 4) is 11.3 Å². The highest BCUT2D eigenvalue weighted by Crippen LogP contribution is 2.24. The van der Waals surface area contributed by atoms with Crippen LogP contribution in [-0.2, 0) is 24.4 Å². The van der Waals surface area contributed by atoms with Crippen molar-refractivity contribution in [3.05, 3.63) is 47.2 Å². The fourth-order valence-electron chi connectivity index (χ4n) is 3.03. The third-order valence-corrected chi connectivity index (χ3v) is 4.48. The minimum absolute atomic E-state index is 0.0555. The Kier molecular flexibility index (Phi) is 4.29. The summed E-state index contributed by atoms with van der Waals surface area (Å²) in [6.07, 6.45) is 3.57. The molecule has 1 aliphatic rings. The molecule has 0 unspecified atom stereocenters. The highest BCUT2D eigenvalue weighted by Gasteiger charge is 2.24. The van der Waals surface area contributed by atoms with Crippen LogP contribution in [0.1, 0.15) is 22.7 Å². The number of nitrogens with zero attached hydrogens (tertiary/aromatic N) is 5. The van der Waals surface area contributed by atoms with Gasteiger partial charge in [-0.15, -0.1) is 5.10 Å². The zero-order valence-electron chi connectivity index (χ0n) is 14.3. The summed E-state index contributed by atoms with van der Waals surface area (Å²) in [5.41, 5.74) is 4.92. The summed E-state index contributed by atoms with van der Waals surface area (Å²) in [6.45, 7) is 6.51. The monoisotopic (exact) mass is 340 g/mol. The topological polar surface area (TPSA) is 90.9 Å². The van der Waals surface area contributed by atoms with Crippen LogP contribution in [0.5, 0.6) is 0 Å². The average molecular weight is 340 g/mol. The van der Waals surface area contributed by atoms with Gasteiger partial charge < -0.3 is 14.6 Å². The van der Waals surface area contributed by atoms with Gasteiger partial charge >= 0.3 is 0 Å². The van der Waals surface area contributed by atoms with E-state index >= 15 is 0 Å². The van der Waals surface area contributed by atoms with Crippen molar-refractivity contribution in [2.75, 3.05) is 6.54 Å². The van der Waals surface area contributed by atoms with Crippen LogP contribution in [-0.4, -0.2) is 37.8 Å². The SMILES string of the molecule is Cc1noc(C)c1CNC[C@H]1Cn2nnc(-c3ccncc3)c2CO1. The molecule has 0 fully saturated rings. The molecule has 1 N–H and O–H groups in total. The first-order chi connectivity index (χ1) is 12.2. The molecule has 0 saturated heterocycles. The quantitative estimate of drug-likeness (QED) is 0.755. The molecule has 0 spiro atoms. The Morgan fingerprint density at radius 2 is 2.12 bits per heavy atom. The van der Waals surface area contributed by atoms with Crippen LogP contribution in [0.25, 0.3) is 11.3 Å². The Bertz CT molecular complexity index is 838. The van der Waals surface area contributed by atoms with Crippen LogP contribution >= 0.6 is 0 Å². The maximum Gasteiger partial charge on any atom is 0.138 e. The first kappa shape index (κ1) is 15.9. The number of pyridine rings is 1. The van der Waals surface area contributed by atoms with Crippen LogP contribution in [0.4, 0.5) is 0 Å². The van der Waals surface area contributed by atoms with E-state index < -0.39 is 0 Å². The number of fused-ring (bicyclic) bond motifs is 1. The van der Waals surface area contributed by atoms with Gasteiger partial charge in [0.15, 0.2) is 0 Å². The molecular formula is C17H20N6O2. The number of rotatable bonds is 5. The van der Waals surface area contributed by atoms with Crippen LogP contribution in [0.3, 0.4) is 0 Å². The fraction of sp³-hybridized carbons (Fsp3) is 0.412. The Hall–Kier alpha value is -2.58. The average Bonchev–Trinajstić information content (AvgIpc) is 3.20. The summed E-state index contributed by atoms with van der Waals surface area (Å²) in [7, 11) is 0. The summed E-state index contributed by atoms with van der Waals surface area (Å²) < 4.78 is 13.1. The van der Waals surface area contributed by atoms with E-state index in [0.29, 0.717) is 19.7 Å². The van der Waals surface area contributed by atoms with Crippen LogP contribution in [0.2, 0.25) is 0 Å². The number of nitrogens with one attached hydrogen (secondary N) is 1. The molecule has 1 aliphatic heterocycles. The summed E-state index contributed by atoms with van der Waals surface area (Å²) >= 11 is 0. The van der Waals surface area contributed by atoms with Gasteiger partial charge in [0.05, 0.1) is 30.6 Å². The van der Waals surface area contributed by atoms with E-state index in [9.17, 15) is 0 Å². The number of hydrogen-bond acceptors (Lipinski definition) is 7. The van der Waals surface area contributed by atoms with Crippen molar-refractivity contribution in [1.29, 1.82) is 0 Å². The van der Waals surface area contributed by atoms with Gasteiger partial charge in [0, 0.05) is 36.6 Å². The highest BCUT2D eigenvalue weighted by atomic mass is 16.5. The summed E-state index contributed by atoms with van der Waals surface area (Å²) in [6, 6.07) is 3.87. The predicted molar refractivity (Wildman–Crippen MR) is 89.5 cm³/mol. The fourth-order valence-corrected chi connectivity index (χ4v) is 3.03. The molecule has 4 rings (SSSR count). The largest absolute Gasteiger partial charge is 0.369 e. The predicted octanol–water partition coefficient (Wildman–Crippen LogP) is 1.63. The zero-order chi connectivity index (χ0) is 17.2. The standard InChI is InChI=1S/C17H20N6O2/c1-11-15(12(2)25-21-11)8-19-7-14-9-23-16(10-24-14)17(20-22-23)13-3-5-18-6-4-13/h3-6,14,19H,7-10H2,1-2H3/t14-/m0/s1. The molecule has 0 aromatic carbocycles. The number of aromatic nitrogens is 5. The Balaban J connectivity index is 1.38. The maximum atomic E-state index is 5.99. The molecule has 0 bridgehead atoms. The molecule has 0 saturated carbocycles. The second-order valence-corrected chi connectivity index (χ2v) is 6.17. The molecule has 1 atom stereocenters. The van der Waals surface area contributed by atoms with Crippen LogP contribution in [0, 0.1) is 13.8 Å². The molecule has 25 heavy (non-hydrogen) atoms. The zero-order valence-corrected chi connectivity index (χ0v) is 14.3. The minimum Gasteiger partial charge on any atom is -0.369 e. The Labute approximate surface area is 145 Å². The molecule has 8 nitrogen and oxygen atoms in total. The normalized spacial score (nSPS) is 16.8. The van der Waals surface area contributed by atoms with Crippen molar-refractivity contribution in [2.45, 2.75) is 39.6 Å². The molecule has 0 aliphatic carbocycles. The van der Waals surface area contributed by atoms with Gasteiger partial charge in [-0.2, -0.15) is 0 Å². The van der Waals surface area contributed by atoms with E-state index in [1.54, 1.807) is 12.4 Å². The minimum atomic E-state index is 0.0555. The summed E-state index contributed by atoms with van der Waals surface area (Å²) in [4.78, 5) is 4.04. The summed E-state index contributed by atoms with van der Waals surface area (Å²) in [5, 5.41) is 16.0. The van der Waals surface area contributed by atoms with E-state index in [4.69, 9.17) is 9.26 Å². The molecule has 4 heterocycles. The summed E-state index contributed by atoms with van der Waals surface area (Å²) in [5.74, 6) is 0.857. The van der Waals surface area contributed by atoms with Crippen molar-refractivity contribution in [1.82, 2.24) is 30.5 Å². The smallest absolute Gasteiger partial charge is 0.138 e. The first-order valence-corrected chi connectivity index (χ1v) is 8.29. The van der Waals surface area contributed by atoms with Crippen LogP contribution < -0.4 is 5.32 Å². The molecule has 8 heteroatoms. The van der Waals surface area contributed by atoms with Gasteiger partial charge in [-0.3, -0.25) is 4.98 Å². The van der Waals surface area contributed by atoms with Gasteiger partial charge in [0.2, 0.25) is 0 Å².